The summed E-state index contributed by atoms with van der Waals surface area (Å²) in [6.45, 7) is 2.02. The number of carbonyl (C=O) groups excluding carboxylic acids is 1. The summed E-state index contributed by atoms with van der Waals surface area (Å²) in [6.07, 6.45) is -7.99. The zero-order valence-corrected chi connectivity index (χ0v) is 15.6. The number of methoxy groups -OCH3 is 1. The molecule has 0 aromatic rings. The molecular formula is C16H30N2O9. The van der Waals surface area contributed by atoms with Crippen LogP contribution < -0.4 is 11.1 Å². The van der Waals surface area contributed by atoms with E-state index in [1.165, 1.54) is 14.0 Å². The van der Waals surface area contributed by atoms with Crippen molar-refractivity contribution in [3.63, 3.8) is 0 Å². The highest BCUT2D eigenvalue weighted by Gasteiger charge is 2.50. The van der Waals surface area contributed by atoms with Gasteiger partial charge in [0.1, 0.15) is 42.7 Å². The molecule has 0 aliphatic carbocycles. The van der Waals surface area contributed by atoms with Crippen LogP contribution in [-0.2, 0) is 23.7 Å². The third-order valence-corrected chi connectivity index (χ3v) is 5.00. The third kappa shape index (κ3) is 4.75. The Balaban J connectivity index is 2.24. The zero-order valence-electron chi connectivity index (χ0n) is 15.6. The molecule has 0 aromatic carbocycles. The Hall–Kier alpha value is -0.890. The van der Waals surface area contributed by atoms with Crippen molar-refractivity contribution in [1.82, 2.24) is 5.32 Å². The number of amides is 1. The molecule has 0 saturated carbocycles. The van der Waals surface area contributed by atoms with Crippen LogP contribution in [0.4, 0.5) is 0 Å². The molecule has 2 rings (SSSR count). The first-order valence-electron chi connectivity index (χ1n) is 8.84. The lowest BCUT2D eigenvalue weighted by molar-refractivity contribution is -0.314. The number of aliphatic hydroxyl groups excluding tert-OH is 4. The Bertz CT molecular complexity index is 495. The molecule has 11 nitrogen and oxygen atoms in total. The van der Waals surface area contributed by atoms with E-state index in [1.807, 2.05) is 0 Å². The lowest BCUT2D eigenvalue weighted by atomic mass is 9.93. The molecule has 2 aliphatic rings. The van der Waals surface area contributed by atoms with E-state index >= 15 is 0 Å². The smallest absolute Gasteiger partial charge is 0.217 e. The van der Waals surface area contributed by atoms with Crippen LogP contribution in [-0.4, -0.2) is 108 Å². The van der Waals surface area contributed by atoms with Gasteiger partial charge in [-0.1, -0.05) is 0 Å². The Labute approximate surface area is 157 Å². The standard InChI is InChI=1S/C16H30N2O9/c1-6-10(17)12(22)15(9(5-20)25-6)27-16-11(18-7(2)21)13(23)14(24-3)8(4-19)26-16/h6,8-16,19-20,22-23H,4-5,17H2,1-3H3,(H,18,21). The fourth-order valence-corrected chi connectivity index (χ4v) is 3.49. The molecule has 27 heavy (non-hydrogen) atoms. The van der Waals surface area contributed by atoms with Gasteiger partial charge < -0.3 is 50.4 Å². The summed E-state index contributed by atoms with van der Waals surface area (Å²) in [4.78, 5) is 11.6. The van der Waals surface area contributed by atoms with E-state index in [2.05, 4.69) is 5.32 Å². The van der Waals surface area contributed by atoms with Gasteiger partial charge in [0.15, 0.2) is 6.29 Å². The predicted molar refractivity (Wildman–Crippen MR) is 90.4 cm³/mol. The second-order valence-corrected chi connectivity index (χ2v) is 6.87. The van der Waals surface area contributed by atoms with Crippen LogP contribution in [0.15, 0.2) is 0 Å². The quantitative estimate of drug-likeness (QED) is 0.265. The van der Waals surface area contributed by atoms with Gasteiger partial charge in [-0.2, -0.15) is 0 Å². The van der Waals surface area contributed by atoms with Gasteiger partial charge in [0.2, 0.25) is 5.91 Å². The van der Waals surface area contributed by atoms with Crippen LogP contribution >= 0.6 is 0 Å². The molecule has 10 unspecified atom stereocenters. The van der Waals surface area contributed by atoms with Crippen LogP contribution in [0.1, 0.15) is 13.8 Å². The van der Waals surface area contributed by atoms with Crippen molar-refractivity contribution in [2.75, 3.05) is 20.3 Å². The predicted octanol–water partition coefficient (Wildman–Crippen LogP) is -3.56. The number of ether oxygens (including phenoxy) is 4. The van der Waals surface area contributed by atoms with Crippen LogP contribution in [0.2, 0.25) is 0 Å². The fourth-order valence-electron chi connectivity index (χ4n) is 3.49. The highest BCUT2D eigenvalue weighted by Crippen LogP contribution is 2.29. The maximum absolute atomic E-state index is 11.6. The summed E-state index contributed by atoms with van der Waals surface area (Å²) < 4.78 is 22.2. The maximum atomic E-state index is 11.6. The number of carbonyl (C=O) groups is 1. The van der Waals surface area contributed by atoms with Gasteiger partial charge >= 0.3 is 0 Å². The lowest BCUT2D eigenvalue weighted by Gasteiger charge is -2.47. The molecule has 0 spiro atoms. The second kappa shape index (κ2) is 9.54. The summed E-state index contributed by atoms with van der Waals surface area (Å²) in [5.74, 6) is -0.446. The Morgan fingerprint density at radius 3 is 2.22 bits per heavy atom. The van der Waals surface area contributed by atoms with E-state index in [1.54, 1.807) is 6.92 Å². The largest absolute Gasteiger partial charge is 0.394 e. The molecule has 2 heterocycles. The Morgan fingerprint density at radius 2 is 1.70 bits per heavy atom. The molecular weight excluding hydrogens is 364 g/mol. The molecule has 0 bridgehead atoms. The van der Waals surface area contributed by atoms with Gasteiger partial charge in [0.25, 0.3) is 0 Å². The number of hydrogen-bond acceptors (Lipinski definition) is 10. The Kier molecular flexibility index (Phi) is 7.92. The topological polar surface area (TPSA) is 173 Å². The van der Waals surface area contributed by atoms with E-state index < -0.39 is 80.2 Å². The maximum Gasteiger partial charge on any atom is 0.217 e. The summed E-state index contributed by atoms with van der Waals surface area (Å²) in [7, 11) is 1.34. The Morgan fingerprint density at radius 1 is 1.11 bits per heavy atom. The molecule has 11 heteroatoms. The minimum absolute atomic E-state index is 0.441. The summed E-state index contributed by atoms with van der Waals surface area (Å²) in [6, 6.07) is -1.82. The molecule has 7 N–H and O–H groups in total. The van der Waals surface area contributed by atoms with Gasteiger partial charge in [0, 0.05) is 14.0 Å². The van der Waals surface area contributed by atoms with E-state index in [-0.39, 0.29) is 0 Å². The van der Waals surface area contributed by atoms with Gasteiger partial charge in [-0.3, -0.25) is 4.79 Å². The van der Waals surface area contributed by atoms with Crippen molar-refractivity contribution >= 4 is 5.91 Å². The highest BCUT2D eigenvalue weighted by atomic mass is 16.7. The first-order valence-corrected chi connectivity index (χ1v) is 8.84. The molecule has 2 fully saturated rings. The van der Waals surface area contributed by atoms with Gasteiger partial charge in [-0.05, 0) is 6.92 Å². The average molecular weight is 394 g/mol. The number of hydrogen-bond donors (Lipinski definition) is 6. The normalized spacial score (nSPS) is 45.5. The third-order valence-electron chi connectivity index (χ3n) is 5.00. The molecule has 0 aromatic heterocycles. The van der Waals surface area contributed by atoms with Crippen LogP contribution in [0.25, 0.3) is 0 Å². The average Bonchev–Trinajstić information content (AvgIpc) is 2.63. The van der Waals surface area contributed by atoms with Crippen LogP contribution in [0.5, 0.6) is 0 Å². The van der Waals surface area contributed by atoms with Crippen molar-refractivity contribution in [3.05, 3.63) is 0 Å². The first-order chi connectivity index (χ1) is 12.7. The molecule has 1 amide bonds. The fraction of sp³-hybridized carbons (Fsp3) is 0.938. The number of nitrogens with two attached hydrogens (primary N) is 1. The molecule has 10 atom stereocenters. The van der Waals surface area contributed by atoms with Gasteiger partial charge in [0.05, 0.1) is 25.4 Å². The zero-order chi connectivity index (χ0) is 20.3. The molecule has 2 aliphatic heterocycles. The number of rotatable bonds is 6. The van der Waals surface area contributed by atoms with Crippen molar-refractivity contribution < 1.29 is 44.2 Å². The number of aliphatic hydroxyl groups is 4. The van der Waals surface area contributed by atoms with Crippen molar-refractivity contribution in [2.24, 2.45) is 5.73 Å². The van der Waals surface area contributed by atoms with Crippen LogP contribution in [0, 0.1) is 0 Å². The monoisotopic (exact) mass is 394 g/mol. The van der Waals surface area contributed by atoms with Gasteiger partial charge in [-0.15, -0.1) is 0 Å². The summed E-state index contributed by atoms with van der Waals surface area (Å²) in [5, 5.41) is 42.7. The van der Waals surface area contributed by atoms with Crippen molar-refractivity contribution in [2.45, 2.75) is 74.9 Å². The molecule has 158 valence electrons. The lowest BCUT2D eigenvalue weighted by Crippen LogP contribution is -2.68. The van der Waals surface area contributed by atoms with E-state index in [0.29, 0.717) is 0 Å². The second-order valence-electron chi connectivity index (χ2n) is 6.87. The van der Waals surface area contributed by atoms with Crippen molar-refractivity contribution in [1.29, 1.82) is 0 Å². The molecule has 0 radical (unpaired) electrons. The summed E-state index contributed by atoms with van der Waals surface area (Å²) in [5.41, 5.74) is 5.92. The minimum Gasteiger partial charge on any atom is -0.394 e. The molecule has 2 saturated heterocycles. The van der Waals surface area contributed by atoms with Gasteiger partial charge in [-0.25, -0.2) is 0 Å². The number of nitrogens with one attached hydrogen (secondary N) is 1. The van der Waals surface area contributed by atoms with Crippen molar-refractivity contribution in [3.8, 4) is 0 Å². The first kappa shape index (κ1) is 22.4. The van der Waals surface area contributed by atoms with E-state index in [9.17, 15) is 25.2 Å². The van der Waals surface area contributed by atoms with E-state index in [4.69, 9.17) is 24.7 Å². The van der Waals surface area contributed by atoms with Crippen LogP contribution in [0.3, 0.4) is 0 Å². The summed E-state index contributed by atoms with van der Waals surface area (Å²) >= 11 is 0. The highest BCUT2D eigenvalue weighted by molar-refractivity contribution is 5.73. The minimum atomic E-state index is -1.25. The SMILES string of the molecule is COC1C(CO)OC(OC2C(CO)OC(C)C(N)C2O)C(NC(C)=O)C1O. The van der Waals surface area contributed by atoms with E-state index in [0.717, 1.165) is 0 Å².